The molecule has 1 atom stereocenters. The molecule has 3 aromatic rings. The van der Waals surface area contributed by atoms with Crippen molar-refractivity contribution in [3.05, 3.63) is 47.9 Å². The van der Waals surface area contributed by atoms with Crippen molar-refractivity contribution < 1.29 is 28.3 Å². The van der Waals surface area contributed by atoms with Gasteiger partial charge in [0.05, 0.1) is 20.1 Å². The highest BCUT2D eigenvalue weighted by Crippen LogP contribution is 2.36. The van der Waals surface area contributed by atoms with E-state index in [1.807, 2.05) is 36.4 Å². The van der Waals surface area contributed by atoms with Gasteiger partial charge in [0.15, 0.2) is 11.5 Å². The lowest BCUT2D eigenvalue weighted by atomic mass is 10.1. The second kappa shape index (κ2) is 7.82. The first kappa shape index (κ1) is 19.2. The van der Waals surface area contributed by atoms with Crippen LogP contribution < -0.4 is 18.9 Å². The minimum Gasteiger partial charge on any atom is -0.497 e. The number of fused-ring (bicyclic) bond motifs is 1. The first-order valence-electron chi connectivity index (χ1n) is 9.87. The zero-order valence-electron chi connectivity index (χ0n) is 17.2. The SMILES string of the molecule is COc1ccc(CN2CC(c3nc(-c4ccc5c(c4)OCO5)no3)CC2=O)c(OC)c1. The van der Waals surface area contributed by atoms with Crippen LogP contribution in [-0.2, 0) is 11.3 Å². The predicted molar refractivity (Wildman–Crippen MR) is 108 cm³/mol. The van der Waals surface area contributed by atoms with E-state index in [-0.39, 0.29) is 18.6 Å². The van der Waals surface area contributed by atoms with Crippen LogP contribution in [0.4, 0.5) is 0 Å². The number of rotatable bonds is 6. The van der Waals surface area contributed by atoms with Gasteiger partial charge in [-0.05, 0) is 30.3 Å². The summed E-state index contributed by atoms with van der Waals surface area (Å²) in [5.74, 6) is 3.50. The summed E-state index contributed by atoms with van der Waals surface area (Å²) >= 11 is 0. The molecule has 1 aromatic heterocycles. The molecule has 0 N–H and O–H groups in total. The number of aromatic nitrogens is 2. The van der Waals surface area contributed by atoms with Gasteiger partial charge in [-0.1, -0.05) is 5.16 Å². The van der Waals surface area contributed by atoms with Crippen molar-refractivity contribution in [2.24, 2.45) is 0 Å². The standard InChI is InChI=1S/C22H21N3O6/c1-27-16-5-3-14(18(9-16)28-2)10-25-11-15(8-20(25)26)22-23-21(24-31-22)13-4-6-17-19(7-13)30-12-29-17/h3-7,9,15H,8,10-12H2,1-2H3. The molecule has 31 heavy (non-hydrogen) atoms. The van der Waals surface area contributed by atoms with E-state index in [0.29, 0.717) is 54.2 Å². The van der Waals surface area contributed by atoms with Crippen molar-refractivity contribution >= 4 is 5.91 Å². The fourth-order valence-electron chi connectivity index (χ4n) is 3.83. The molecule has 2 aromatic carbocycles. The molecule has 0 aliphatic carbocycles. The van der Waals surface area contributed by atoms with Crippen LogP contribution in [0.15, 0.2) is 40.9 Å². The lowest BCUT2D eigenvalue weighted by molar-refractivity contribution is -0.128. The molecule has 2 aliphatic heterocycles. The molecule has 1 saturated heterocycles. The Bertz CT molecular complexity index is 1130. The summed E-state index contributed by atoms with van der Waals surface area (Å²) in [5, 5.41) is 4.09. The minimum absolute atomic E-state index is 0.0331. The summed E-state index contributed by atoms with van der Waals surface area (Å²) in [6.07, 6.45) is 0.321. The highest BCUT2D eigenvalue weighted by Gasteiger charge is 2.35. The maximum atomic E-state index is 12.6. The Kier molecular flexibility index (Phi) is 4.85. The third kappa shape index (κ3) is 3.63. The molecule has 2 aliphatic rings. The molecule has 0 spiro atoms. The maximum absolute atomic E-state index is 12.6. The lowest BCUT2D eigenvalue weighted by Gasteiger charge is -2.18. The molecule has 5 rings (SSSR count). The van der Waals surface area contributed by atoms with Crippen LogP contribution in [0.25, 0.3) is 11.4 Å². The molecular weight excluding hydrogens is 402 g/mol. The monoisotopic (exact) mass is 423 g/mol. The highest BCUT2D eigenvalue weighted by molar-refractivity contribution is 5.79. The van der Waals surface area contributed by atoms with Gasteiger partial charge in [0.25, 0.3) is 0 Å². The number of hydrogen-bond donors (Lipinski definition) is 0. The molecule has 3 heterocycles. The van der Waals surface area contributed by atoms with Gasteiger partial charge >= 0.3 is 0 Å². The van der Waals surface area contributed by atoms with Gasteiger partial charge in [0, 0.05) is 36.7 Å². The number of nitrogens with zero attached hydrogens (tertiary/aromatic N) is 3. The summed E-state index contributed by atoms with van der Waals surface area (Å²) < 4.78 is 26.9. The van der Waals surface area contributed by atoms with Crippen molar-refractivity contribution in [1.29, 1.82) is 0 Å². The smallest absolute Gasteiger partial charge is 0.232 e. The number of benzene rings is 2. The van der Waals surface area contributed by atoms with E-state index in [4.69, 9.17) is 23.5 Å². The first-order valence-corrected chi connectivity index (χ1v) is 9.87. The Labute approximate surface area is 178 Å². The van der Waals surface area contributed by atoms with Gasteiger partial charge in [-0.25, -0.2) is 0 Å². The van der Waals surface area contributed by atoms with Crippen molar-refractivity contribution in [2.45, 2.75) is 18.9 Å². The van der Waals surface area contributed by atoms with Crippen molar-refractivity contribution in [3.63, 3.8) is 0 Å². The summed E-state index contributed by atoms with van der Waals surface area (Å²) in [7, 11) is 3.20. The fourth-order valence-corrected chi connectivity index (χ4v) is 3.83. The zero-order valence-corrected chi connectivity index (χ0v) is 17.2. The third-order valence-corrected chi connectivity index (χ3v) is 5.49. The van der Waals surface area contributed by atoms with Crippen LogP contribution in [0.5, 0.6) is 23.0 Å². The van der Waals surface area contributed by atoms with Crippen molar-refractivity contribution in [1.82, 2.24) is 15.0 Å². The molecular formula is C22H21N3O6. The maximum Gasteiger partial charge on any atom is 0.232 e. The van der Waals surface area contributed by atoms with Crippen LogP contribution in [0, 0.1) is 0 Å². The fraction of sp³-hybridized carbons (Fsp3) is 0.318. The molecule has 1 fully saturated rings. The molecule has 1 unspecified atom stereocenters. The number of carbonyl (C=O) groups excluding carboxylic acids is 1. The van der Waals surface area contributed by atoms with Crippen LogP contribution in [0.2, 0.25) is 0 Å². The summed E-state index contributed by atoms with van der Waals surface area (Å²) in [6, 6.07) is 11.1. The van der Waals surface area contributed by atoms with Gasteiger partial charge in [-0.3, -0.25) is 4.79 Å². The summed E-state index contributed by atoms with van der Waals surface area (Å²) in [5.41, 5.74) is 1.67. The van der Waals surface area contributed by atoms with Crippen LogP contribution in [0.1, 0.15) is 23.8 Å². The highest BCUT2D eigenvalue weighted by atomic mass is 16.7. The third-order valence-electron chi connectivity index (χ3n) is 5.49. The Morgan fingerprint density at radius 3 is 2.81 bits per heavy atom. The quantitative estimate of drug-likeness (QED) is 0.597. The number of carbonyl (C=O) groups is 1. The van der Waals surface area contributed by atoms with Gasteiger partial charge < -0.3 is 28.4 Å². The van der Waals surface area contributed by atoms with E-state index in [1.165, 1.54) is 0 Å². The van der Waals surface area contributed by atoms with Crippen molar-refractivity contribution in [2.75, 3.05) is 27.6 Å². The van der Waals surface area contributed by atoms with Crippen LogP contribution >= 0.6 is 0 Å². The minimum atomic E-state index is -0.160. The largest absolute Gasteiger partial charge is 0.497 e. The van der Waals surface area contributed by atoms with E-state index in [1.54, 1.807) is 19.1 Å². The lowest BCUT2D eigenvalue weighted by Crippen LogP contribution is -2.24. The molecule has 0 saturated carbocycles. The van der Waals surface area contributed by atoms with Gasteiger partial charge in [-0.15, -0.1) is 0 Å². The molecule has 9 nitrogen and oxygen atoms in total. The number of likely N-dealkylation sites (tertiary alicyclic amines) is 1. The number of amides is 1. The van der Waals surface area contributed by atoms with Crippen LogP contribution in [0.3, 0.4) is 0 Å². The van der Waals surface area contributed by atoms with Gasteiger partial charge in [0.2, 0.25) is 24.4 Å². The summed E-state index contributed by atoms with van der Waals surface area (Å²) in [4.78, 5) is 18.9. The second-order valence-electron chi connectivity index (χ2n) is 7.38. The second-order valence-corrected chi connectivity index (χ2v) is 7.38. The van der Waals surface area contributed by atoms with Crippen molar-refractivity contribution in [3.8, 4) is 34.4 Å². The normalized spacial score (nSPS) is 17.3. The topological polar surface area (TPSA) is 96.2 Å². The average Bonchev–Trinajstić information content (AvgIpc) is 3.53. The first-order chi connectivity index (χ1) is 15.1. The molecule has 0 bridgehead atoms. The van der Waals surface area contributed by atoms with E-state index < -0.39 is 0 Å². The van der Waals surface area contributed by atoms with E-state index in [0.717, 1.165) is 11.1 Å². The average molecular weight is 423 g/mol. The number of hydrogen-bond acceptors (Lipinski definition) is 8. The van der Waals surface area contributed by atoms with E-state index in [2.05, 4.69) is 10.1 Å². The Morgan fingerprint density at radius 2 is 1.97 bits per heavy atom. The number of methoxy groups -OCH3 is 2. The number of ether oxygens (including phenoxy) is 4. The molecule has 160 valence electrons. The van der Waals surface area contributed by atoms with Gasteiger partial charge in [-0.2, -0.15) is 4.98 Å². The van der Waals surface area contributed by atoms with Gasteiger partial charge in [0.1, 0.15) is 11.5 Å². The van der Waals surface area contributed by atoms with Crippen LogP contribution in [-0.4, -0.2) is 48.5 Å². The predicted octanol–water partition coefficient (Wildman–Crippen LogP) is 3.00. The Hall–Kier alpha value is -3.75. The Balaban J connectivity index is 1.31. The van der Waals surface area contributed by atoms with E-state index in [9.17, 15) is 4.79 Å². The molecule has 9 heteroatoms. The van der Waals surface area contributed by atoms with E-state index >= 15 is 0 Å². The zero-order chi connectivity index (χ0) is 21.4. The Morgan fingerprint density at radius 1 is 1.10 bits per heavy atom. The summed E-state index contributed by atoms with van der Waals surface area (Å²) in [6.45, 7) is 1.14. The molecule has 0 radical (unpaired) electrons. The molecule has 1 amide bonds.